The number of carbonyl (C=O) groups excluding carboxylic acids is 1. The van der Waals surface area contributed by atoms with E-state index in [4.69, 9.17) is 4.74 Å². The zero-order valence-electron chi connectivity index (χ0n) is 16.0. The van der Waals surface area contributed by atoms with Crippen LogP contribution in [0.5, 0.6) is 5.75 Å². The van der Waals surface area contributed by atoms with Crippen molar-refractivity contribution in [1.82, 2.24) is 15.2 Å². The second kappa shape index (κ2) is 9.67. The van der Waals surface area contributed by atoms with Crippen molar-refractivity contribution in [2.45, 2.75) is 26.4 Å². The van der Waals surface area contributed by atoms with Crippen LogP contribution in [0.25, 0.3) is 6.08 Å². The Morgan fingerprint density at radius 2 is 2.30 bits per heavy atom. The number of nitrogens with one attached hydrogen (secondary N) is 1. The van der Waals surface area contributed by atoms with E-state index in [2.05, 4.69) is 10.3 Å². The first-order valence-electron chi connectivity index (χ1n) is 9.40. The van der Waals surface area contributed by atoms with Crippen molar-refractivity contribution in [1.29, 1.82) is 0 Å². The quantitative estimate of drug-likeness (QED) is 0.741. The van der Waals surface area contributed by atoms with Gasteiger partial charge in [-0.1, -0.05) is 18.2 Å². The zero-order valence-corrected chi connectivity index (χ0v) is 16.8. The van der Waals surface area contributed by atoms with Gasteiger partial charge in [0.2, 0.25) is 5.91 Å². The molecule has 0 aliphatic carbocycles. The fourth-order valence-electron chi connectivity index (χ4n) is 3.36. The standard InChI is InChI=1S/C21H27N3O2S/c1-16-23-19(15-27-16)14-26-20-8-4-3-7-18(20)9-10-21(25)24-11-5-6-17(13-24)12-22-2/h3-4,7-10,15,17,22H,5-6,11-14H2,1-2H3. The van der Waals surface area contributed by atoms with Gasteiger partial charge < -0.3 is 15.0 Å². The van der Waals surface area contributed by atoms with E-state index in [1.54, 1.807) is 17.4 Å². The number of hydrogen-bond acceptors (Lipinski definition) is 5. The third kappa shape index (κ3) is 5.65. The molecule has 1 unspecified atom stereocenters. The number of likely N-dealkylation sites (tertiary alicyclic amines) is 1. The molecule has 1 aliphatic rings. The van der Waals surface area contributed by atoms with Gasteiger partial charge in [0.25, 0.3) is 0 Å². The molecule has 3 rings (SSSR count). The molecule has 1 amide bonds. The van der Waals surface area contributed by atoms with Crippen LogP contribution in [0.2, 0.25) is 0 Å². The summed E-state index contributed by atoms with van der Waals surface area (Å²) in [6.07, 6.45) is 5.77. The van der Waals surface area contributed by atoms with Crippen molar-refractivity contribution in [3.05, 3.63) is 52.0 Å². The number of aryl methyl sites for hydroxylation is 1. The Balaban J connectivity index is 1.61. The first kappa shape index (κ1) is 19.6. The van der Waals surface area contributed by atoms with E-state index in [-0.39, 0.29) is 5.91 Å². The fourth-order valence-corrected chi connectivity index (χ4v) is 3.96. The number of nitrogens with zero attached hydrogens (tertiary/aromatic N) is 2. The highest BCUT2D eigenvalue weighted by Crippen LogP contribution is 2.22. The lowest BCUT2D eigenvalue weighted by atomic mass is 9.98. The summed E-state index contributed by atoms with van der Waals surface area (Å²) in [4.78, 5) is 19.0. The summed E-state index contributed by atoms with van der Waals surface area (Å²) >= 11 is 1.62. The van der Waals surface area contributed by atoms with Crippen LogP contribution in [0, 0.1) is 12.8 Å². The number of amides is 1. The largest absolute Gasteiger partial charge is 0.487 e. The summed E-state index contributed by atoms with van der Waals surface area (Å²) in [7, 11) is 1.96. The summed E-state index contributed by atoms with van der Waals surface area (Å²) in [6.45, 7) is 5.04. The minimum absolute atomic E-state index is 0.0701. The molecule has 0 spiro atoms. The molecule has 2 aromatic rings. The van der Waals surface area contributed by atoms with E-state index in [9.17, 15) is 4.79 Å². The Labute approximate surface area is 165 Å². The van der Waals surface area contributed by atoms with Gasteiger partial charge >= 0.3 is 0 Å². The second-order valence-electron chi connectivity index (χ2n) is 6.87. The number of rotatable bonds is 7. The molecular formula is C21H27N3O2S. The average Bonchev–Trinajstić information content (AvgIpc) is 3.11. The highest BCUT2D eigenvalue weighted by molar-refractivity contribution is 7.09. The summed E-state index contributed by atoms with van der Waals surface area (Å²) < 4.78 is 5.92. The van der Waals surface area contributed by atoms with Gasteiger partial charge in [0, 0.05) is 30.1 Å². The number of thiazole rings is 1. The number of carbonyl (C=O) groups is 1. The number of para-hydroxylation sites is 1. The monoisotopic (exact) mass is 385 g/mol. The lowest BCUT2D eigenvalue weighted by molar-refractivity contribution is -0.127. The lowest BCUT2D eigenvalue weighted by Crippen LogP contribution is -2.41. The zero-order chi connectivity index (χ0) is 19.1. The minimum atomic E-state index is 0.0701. The smallest absolute Gasteiger partial charge is 0.246 e. The Morgan fingerprint density at radius 3 is 3.07 bits per heavy atom. The van der Waals surface area contributed by atoms with Gasteiger partial charge in [-0.3, -0.25) is 4.79 Å². The Kier molecular flexibility index (Phi) is 7.01. The van der Waals surface area contributed by atoms with Crippen LogP contribution in [-0.2, 0) is 11.4 Å². The van der Waals surface area contributed by atoms with Gasteiger partial charge in [0.1, 0.15) is 12.4 Å². The number of ether oxygens (including phenoxy) is 1. The number of benzene rings is 1. The SMILES string of the molecule is CNCC1CCCN(C(=O)C=Cc2ccccc2OCc2csc(C)n2)C1. The van der Waals surface area contributed by atoms with E-state index in [1.165, 1.54) is 6.42 Å². The minimum Gasteiger partial charge on any atom is -0.487 e. The second-order valence-corrected chi connectivity index (χ2v) is 7.93. The van der Waals surface area contributed by atoms with Gasteiger partial charge in [-0.2, -0.15) is 0 Å². The maximum absolute atomic E-state index is 12.6. The van der Waals surface area contributed by atoms with Crippen LogP contribution < -0.4 is 10.1 Å². The summed E-state index contributed by atoms with van der Waals surface area (Å²) in [5, 5.41) is 6.26. The molecule has 144 valence electrons. The maximum atomic E-state index is 12.6. The van der Waals surface area contributed by atoms with E-state index in [0.717, 1.165) is 48.1 Å². The molecule has 1 fully saturated rings. The lowest BCUT2D eigenvalue weighted by Gasteiger charge is -2.32. The van der Waals surface area contributed by atoms with Crippen molar-refractivity contribution >= 4 is 23.3 Å². The van der Waals surface area contributed by atoms with Gasteiger partial charge in [-0.15, -0.1) is 11.3 Å². The van der Waals surface area contributed by atoms with Crippen LogP contribution in [0.15, 0.2) is 35.7 Å². The Hall–Kier alpha value is -2.18. The Morgan fingerprint density at radius 1 is 1.44 bits per heavy atom. The van der Waals surface area contributed by atoms with Gasteiger partial charge in [0.15, 0.2) is 0 Å². The van der Waals surface area contributed by atoms with Gasteiger partial charge in [-0.25, -0.2) is 4.98 Å². The molecule has 1 N–H and O–H groups in total. The molecule has 1 saturated heterocycles. The predicted octanol–water partition coefficient (Wildman–Crippen LogP) is 3.50. The van der Waals surface area contributed by atoms with Crippen molar-refractivity contribution < 1.29 is 9.53 Å². The predicted molar refractivity (Wildman–Crippen MR) is 110 cm³/mol. The van der Waals surface area contributed by atoms with Crippen LogP contribution >= 0.6 is 11.3 Å². The fraction of sp³-hybridized carbons (Fsp3) is 0.429. The van der Waals surface area contributed by atoms with Crippen molar-refractivity contribution in [3.63, 3.8) is 0 Å². The highest BCUT2D eigenvalue weighted by Gasteiger charge is 2.21. The molecule has 1 aromatic heterocycles. The summed E-state index contributed by atoms with van der Waals surface area (Å²) in [6, 6.07) is 7.78. The molecule has 1 aromatic carbocycles. The molecule has 0 bridgehead atoms. The maximum Gasteiger partial charge on any atom is 0.246 e. The van der Waals surface area contributed by atoms with Crippen molar-refractivity contribution in [3.8, 4) is 5.75 Å². The van der Waals surface area contributed by atoms with Gasteiger partial charge in [0.05, 0.1) is 10.7 Å². The van der Waals surface area contributed by atoms with E-state index in [1.807, 2.05) is 54.6 Å². The van der Waals surface area contributed by atoms with Crippen molar-refractivity contribution in [2.75, 3.05) is 26.7 Å². The first-order chi connectivity index (χ1) is 13.2. The molecule has 0 radical (unpaired) electrons. The van der Waals surface area contributed by atoms with E-state index >= 15 is 0 Å². The average molecular weight is 386 g/mol. The third-order valence-corrected chi connectivity index (χ3v) is 5.51. The number of piperidine rings is 1. The molecule has 1 aliphatic heterocycles. The van der Waals surface area contributed by atoms with E-state index < -0.39 is 0 Å². The van der Waals surface area contributed by atoms with Crippen LogP contribution in [0.3, 0.4) is 0 Å². The third-order valence-electron chi connectivity index (χ3n) is 4.69. The number of aromatic nitrogens is 1. The topological polar surface area (TPSA) is 54.5 Å². The summed E-state index contributed by atoms with van der Waals surface area (Å²) in [5.41, 5.74) is 1.83. The normalized spacial score (nSPS) is 17.4. The molecule has 27 heavy (non-hydrogen) atoms. The summed E-state index contributed by atoms with van der Waals surface area (Å²) in [5.74, 6) is 1.37. The molecule has 1 atom stereocenters. The molecule has 5 nitrogen and oxygen atoms in total. The van der Waals surface area contributed by atoms with Crippen LogP contribution in [0.1, 0.15) is 29.1 Å². The first-order valence-corrected chi connectivity index (χ1v) is 10.3. The van der Waals surface area contributed by atoms with Crippen LogP contribution in [0.4, 0.5) is 0 Å². The Bertz CT molecular complexity index is 785. The molecule has 6 heteroatoms. The molecule has 0 saturated carbocycles. The molecule has 2 heterocycles. The highest BCUT2D eigenvalue weighted by atomic mass is 32.1. The molecular weight excluding hydrogens is 358 g/mol. The van der Waals surface area contributed by atoms with Crippen molar-refractivity contribution in [2.24, 2.45) is 5.92 Å². The number of hydrogen-bond donors (Lipinski definition) is 1. The van der Waals surface area contributed by atoms with Gasteiger partial charge in [-0.05, 0) is 51.4 Å². The van der Waals surface area contributed by atoms with E-state index in [0.29, 0.717) is 12.5 Å². The van der Waals surface area contributed by atoms with Crippen LogP contribution in [-0.4, -0.2) is 42.5 Å².